The fourth-order valence-electron chi connectivity index (χ4n) is 2.94. The molecule has 0 fully saturated rings. The van der Waals surface area contributed by atoms with Gasteiger partial charge in [0.25, 0.3) is 0 Å². The molecule has 3 unspecified atom stereocenters. The number of carbonyl (C=O) groups is 1. The van der Waals surface area contributed by atoms with Crippen LogP contribution in [0.4, 0.5) is 0 Å². The first kappa shape index (κ1) is 14.1. The van der Waals surface area contributed by atoms with E-state index in [0.29, 0.717) is 5.92 Å². The van der Waals surface area contributed by atoms with Gasteiger partial charge in [0.05, 0.1) is 0 Å². The van der Waals surface area contributed by atoms with Gasteiger partial charge in [0.1, 0.15) is 6.04 Å². The Kier molecular flexibility index (Phi) is 4.25. The molecule has 0 aliphatic heterocycles. The third-order valence-electron chi connectivity index (χ3n) is 4.10. The molecule has 104 valence electrons. The predicted molar refractivity (Wildman–Crippen MR) is 76.2 cm³/mol. The first-order valence-electron chi connectivity index (χ1n) is 7.08. The summed E-state index contributed by atoms with van der Waals surface area (Å²) in [7, 11) is 0. The lowest BCUT2D eigenvalue weighted by molar-refractivity contribution is -0.141. The maximum Gasteiger partial charge on any atom is 0.320 e. The van der Waals surface area contributed by atoms with Gasteiger partial charge in [-0.1, -0.05) is 45.0 Å². The van der Waals surface area contributed by atoms with Crippen molar-refractivity contribution in [1.29, 1.82) is 0 Å². The molecule has 0 bridgehead atoms. The lowest BCUT2D eigenvalue weighted by Gasteiger charge is -2.33. The quantitative estimate of drug-likeness (QED) is 0.874. The highest BCUT2D eigenvalue weighted by atomic mass is 16.4. The van der Waals surface area contributed by atoms with E-state index in [0.717, 1.165) is 12.8 Å². The Morgan fingerprint density at radius 3 is 2.47 bits per heavy atom. The van der Waals surface area contributed by atoms with Crippen molar-refractivity contribution < 1.29 is 9.90 Å². The van der Waals surface area contributed by atoms with E-state index in [2.05, 4.69) is 30.4 Å². The number of nitrogens with one attached hydrogen (secondary N) is 1. The van der Waals surface area contributed by atoms with E-state index >= 15 is 0 Å². The fourth-order valence-corrected chi connectivity index (χ4v) is 2.94. The van der Waals surface area contributed by atoms with Crippen LogP contribution in [0.2, 0.25) is 0 Å². The molecule has 0 saturated carbocycles. The van der Waals surface area contributed by atoms with Crippen molar-refractivity contribution in [2.45, 2.75) is 51.6 Å². The van der Waals surface area contributed by atoms with E-state index in [-0.39, 0.29) is 12.0 Å². The molecule has 1 aromatic rings. The van der Waals surface area contributed by atoms with Gasteiger partial charge in [0, 0.05) is 6.04 Å². The van der Waals surface area contributed by atoms with Crippen LogP contribution in [0.25, 0.3) is 0 Å². The maximum atomic E-state index is 11.3. The maximum absolute atomic E-state index is 11.3. The van der Waals surface area contributed by atoms with Crippen LogP contribution in [0, 0.1) is 5.92 Å². The number of benzene rings is 1. The standard InChI is InChI=1S/C16H23NO2/c1-10(2)15(16(18)19)17-14-9-8-11(3)12-6-4-5-7-13(12)14/h4-7,10-11,14-15,17H,8-9H2,1-3H3,(H,18,19). The van der Waals surface area contributed by atoms with Crippen LogP contribution in [0.15, 0.2) is 24.3 Å². The van der Waals surface area contributed by atoms with E-state index in [1.54, 1.807) is 0 Å². The van der Waals surface area contributed by atoms with Gasteiger partial charge in [-0.25, -0.2) is 0 Å². The highest BCUT2D eigenvalue weighted by Gasteiger charge is 2.29. The first-order valence-corrected chi connectivity index (χ1v) is 7.08. The lowest BCUT2D eigenvalue weighted by Crippen LogP contribution is -2.43. The zero-order chi connectivity index (χ0) is 14.0. The molecule has 19 heavy (non-hydrogen) atoms. The van der Waals surface area contributed by atoms with Gasteiger partial charge in [-0.2, -0.15) is 0 Å². The van der Waals surface area contributed by atoms with E-state index in [1.165, 1.54) is 11.1 Å². The number of hydrogen-bond donors (Lipinski definition) is 2. The molecule has 0 radical (unpaired) electrons. The van der Waals surface area contributed by atoms with Crippen LogP contribution in [-0.2, 0) is 4.79 Å². The third kappa shape index (κ3) is 2.98. The summed E-state index contributed by atoms with van der Waals surface area (Å²) in [5.74, 6) is -0.105. The summed E-state index contributed by atoms with van der Waals surface area (Å²) in [6.45, 7) is 6.14. The van der Waals surface area contributed by atoms with Crippen molar-refractivity contribution in [2.75, 3.05) is 0 Å². The fraction of sp³-hybridized carbons (Fsp3) is 0.562. The minimum Gasteiger partial charge on any atom is -0.480 e. The van der Waals surface area contributed by atoms with Crippen molar-refractivity contribution >= 4 is 5.97 Å². The normalized spacial score (nSPS) is 24.0. The Morgan fingerprint density at radius 1 is 1.26 bits per heavy atom. The second kappa shape index (κ2) is 5.74. The molecule has 3 nitrogen and oxygen atoms in total. The minimum atomic E-state index is -0.758. The number of hydrogen-bond acceptors (Lipinski definition) is 2. The van der Waals surface area contributed by atoms with Gasteiger partial charge in [-0.05, 0) is 35.8 Å². The van der Waals surface area contributed by atoms with Gasteiger partial charge in [-0.15, -0.1) is 0 Å². The molecule has 3 heteroatoms. The van der Waals surface area contributed by atoms with Crippen LogP contribution in [0.5, 0.6) is 0 Å². The second-order valence-electron chi connectivity index (χ2n) is 5.89. The largest absolute Gasteiger partial charge is 0.480 e. The number of carboxylic acid groups (broad SMARTS) is 1. The summed E-state index contributed by atoms with van der Waals surface area (Å²) in [6.07, 6.45) is 2.12. The predicted octanol–water partition coefficient (Wildman–Crippen LogP) is 3.32. The van der Waals surface area contributed by atoms with Crippen molar-refractivity contribution in [3.05, 3.63) is 35.4 Å². The molecule has 0 aromatic heterocycles. The van der Waals surface area contributed by atoms with Gasteiger partial charge in [0.2, 0.25) is 0 Å². The first-order chi connectivity index (χ1) is 9.00. The molecular formula is C16H23NO2. The minimum absolute atomic E-state index is 0.0870. The van der Waals surface area contributed by atoms with Crippen LogP contribution in [0.1, 0.15) is 56.7 Å². The summed E-state index contributed by atoms with van der Waals surface area (Å²) in [6, 6.07) is 8.08. The summed E-state index contributed by atoms with van der Waals surface area (Å²) in [4.78, 5) is 11.3. The monoisotopic (exact) mass is 261 g/mol. The summed E-state index contributed by atoms with van der Waals surface area (Å²) in [5.41, 5.74) is 2.63. The molecule has 0 heterocycles. The molecule has 3 atom stereocenters. The number of carboxylic acids is 1. The molecule has 2 N–H and O–H groups in total. The van der Waals surface area contributed by atoms with Crippen LogP contribution < -0.4 is 5.32 Å². The highest BCUT2D eigenvalue weighted by Crippen LogP contribution is 2.37. The van der Waals surface area contributed by atoms with Crippen molar-refractivity contribution in [3.8, 4) is 0 Å². The van der Waals surface area contributed by atoms with Crippen molar-refractivity contribution in [2.24, 2.45) is 5.92 Å². The Hall–Kier alpha value is -1.35. The molecule has 1 aromatic carbocycles. The SMILES string of the molecule is CC1CCC(NC(C(=O)O)C(C)C)c2ccccc21. The molecule has 1 aliphatic rings. The number of rotatable bonds is 4. The molecule has 2 rings (SSSR count). The van der Waals surface area contributed by atoms with E-state index < -0.39 is 12.0 Å². The van der Waals surface area contributed by atoms with Crippen LogP contribution in [0.3, 0.4) is 0 Å². The average molecular weight is 261 g/mol. The Labute approximate surface area is 115 Å². The van der Waals surface area contributed by atoms with Gasteiger partial charge in [-0.3, -0.25) is 10.1 Å². The van der Waals surface area contributed by atoms with Crippen LogP contribution >= 0.6 is 0 Å². The van der Waals surface area contributed by atoms with Crippen molar-refractivity contribution in [3.63, 3.8) is 0 Å². The highest BCUT2D eigenvalue weighted by molar-refractivity contribution is 5.73. The Balaban J connectivity index is 2.23. The lowest BCUT2D eigenvalue weighted by atomic mass is 9.80. The smallest absolute Gasteiger partial charge is 0.320 e. The van der Waals surface area contributed by atoms with Gasteiger partial charge in [0.15, 0.2) is 0 Å². The summed E-state index contributed by atoms with van der Waals surface area (Å²) in [5, 5.41) is 12.6. The zero-order valence-corrected chi connectivity index (χ0v) is 11.9. The summed E-state index contributed by atoms with van der Waals surface area (Å²) >= 11 is 0. The number of aliphatic carboxylic acids is 1. The zero-order valence-electron chi connectivity index (χ0n) is 11.9. The summed E-state index contributed by atoms with van der Waals surface area (Å²) < 4.78 is 0. The van der Waals surface area contributed by atoms with E-state index in [9.17, 15) is 9.90 Å². The topological polar surface area (TPSA) is 49.3 Å². The van der Waals surface area contributed by atoms with E-state index in [4.69, 9.17) is 0 Å². The van der Waals surface area contributed by atoms with Gasteiger partial charge >= 0.3 is 5.97 Å². The van der Waals surface area contributed by atoms with Gasteiger partial charge < -0.3 is 5.11 Å². The Morgan fingerprint density at radius 2 is 1.89 bits per heavy atom. The molecule has 1 aliphatic carbocycles. The molecular weight excluding hydrogens is 238 g/mol. The molecule has 0 amide bonds. The van der Waals surface area contributed by atoms with Crippen LogP contribution in [-0.4, -0.2) is 17.1 Å². The number of fused-ring (bicyclic) bond motifs is 1. The van der Waals surface area contributed by atoms with E-state index in [1.807, 2.05) is 19.9 Å². The third-order valence-corrected chi connectivity index (χ3v) is 4.10. The molecule has 0 spiro atoms. The molecule has 0 saturated heterocycles. The average Bonchev–Trinajstić information content (AvgIpc) is 2.37. The Bertz CT molecular complexity index is 456. The second-order valence-corrected chi connectivity index (χ2v) is 5.89. The van der Waals surface area contributed by atoms with Crippen molar-refractivity contribution in [1.82, 2.24) is 5.32 Å².